The van der Waals surface area contributed by atoms with Crippen LogP contribution in [0.25, 0.3) is 11.0 Å². The molecule has 14 heavy (non-hydrogen) atoms. The van der Waals surface area contributed by atoms with Crippen molar-refractivity contribution in [3.05, 3.63) is 24.3 Å². The molecule has 0 bridgehead atoms. The lowest BCUT2D eigenvalue weighted by atomic mass is 10.3. The Labute approximate surface area is 82.7 Å². The third kappa shape index (κ3) is 1.60. The van der Waals surface area contributed by atoms with Gasteiger partial charge in [0.05, 0.1) is 5.52 Å². The van der Waals surface area contributed by atoms with E-state index in [9.17, 15) is 0 Å². The van der Waals surface area contributed by atoms with Crippen LogP contribution in [-0.4, -0.2) is 15.0 Å². The Balaban J connectivity index is 2.34. The van der Waals surface area contributed by atoms with E-state index in [1.54, 1.807) is 0 Å². The molecule has 0 fully saturated rings. The molecule has 0 saturated carbocycles. The molecule has 0 N–H and O–H groups in total. The molecule has 0 saturated heterocycles. The summed E-state index contributed by atoms with van der Waals surface area (Å²) >= 11 is 0. The van der Waals surface area contributed by atoms with Crippen LogP contribution in [-0.2, 0) is 6.54 Å². The number of fused-ring (bicyclic) bond motifs is 1. The van der Waals surface area contributed by atoms with Crippen LogP contribution in [0.4, 0.5) is 0 Å². The molecule has 2 rings (SSSR count). The van der Waals surface area contributed by atoms with Gasteiger partial charge in [0.25, 0.3) is 0 Å². The first-order valence-electron chi connectivity index (χ1n) is 4.66. The summed E-state index contributed by atoms with van der Waals surface area (Å²) in [5, 5.41) is 8.07. The van der Waals surface area contributed by atoms with Crippen LogP contribution in [0, 0.1) is 11.8 Å². The molecule has 1 heterocycles. The Bertz CT molecular complexity index is 488. The molecule has 1 aromatic heterocycles. The molecule has 0 amide bonds. The Morgan fingerprint density at radius 3 is 3.00 bits per heavy atom. The van der Waals surface area contributed by atoms with Gasteiger partial charge in [0.1, 0.15) is 12.1 Å². The van der Waals surface area contributed by atoms with Crippen molar-refractivity contribution in [1.82, 2.24) is 15.0 Å². The first-order chi connectivity index (χ1) is 6.92. The predicted octanol–water partition coefficient (Wildman–Crippen LogP) is 1.84. The van der Waals surface area contributed by atoms with E-state index in [0.717, 1.165) is 17.5 Å². The second-order valence-electron chi connectivity index (χ2n) is 2.94. The van der Waals surface area contributed by atoms with Crippen molar-refractivity contribution in [2.45, 2.75) is 19.9 Å². The van der Waals surface area contributed by atoms with Gasteiger partial charge in [-0.15, -0.1) is 11.0 Å². The monoisotopic (exact) mass is 185 g/mol. The highest BCUT2D eigenvalue weighted by Gasteiger charge is 1.99. The van der Waals surface area contributed by atoms with Crippen LogP contribution >= 0.6 is 0 Å². The number of hydrogen-bond acceptors (Lipinski definition) is 2. The Kier molecular flexibility index (Phi) is 2.46. The number of nitrogens with zero attached hydrogens (tertiary/aromatic N) is 3. The smallest absolute Gasteiger partial charge is 0.113 e. The third-order valence-corrected chi connectivity index (χ3v) is 1.95. The fourth-order valence-corrected chi connectivity index (χ4v) is 1.29. The largest absolute Gasteiger partial charge is 0.233 e. The van der Waals surface area contributed by atoms with Crippen molar-refractivity contribution in [3.63, 3.8) is 0 Å². The van der Waals surface area contributed by atoms with Crippen LogP contribution in [0.1, 0.15) is 13.3 Å². The van der Waals surface area contributed by atoms with E-state index in [-0.39, 0.29) is 0 Å². The van der Waals surface area contributed by atoms with E-state index in [1.807, 2.05) is 35.9 Å². The summed E-state index contributed by atoms with van der Waals surface area (Å²) in [6.45, 7) is 2.65. The van der Waals surface area contributed by atoms with Gasteiger partial charge in [-0.3, -0.25) is 0 Å². The molecule has 3 heteroatoms. The summed E-state index contributed by atoms with van der Waals surface area (Å²) in [6.07, 6.45) is 0.882. The minimum Gasteiger partial charge on any atom is -0.233 e. The third-order valence-electron chi connectivity index (χ3n) is 1.95. The first-order valence-corrected chi connectivity index (χ1v) is 4.66. The first kappa shape index (κ1) is 8.76. The van der Waals surface area contributed by atoms with E-state index < -0.39 is 0 Å². The van der Waals surface area contributed by atoms with Crippen molar-refractivity contribution in [2.24, 2.45) is 0 Å². The fraction of sp³-hybridized carbons (Fsp3) is 0.273. The molecule has 70 valence electrons. The quantitative estimate of drug-likeness (QED) is 0.635. The van der Waals surface area contributed by atoms with Gasteiger partial charge < -0.3 is 0 Å². The highest BCUT2D eigenvalue weighted by atomic mass is 15.4. The molecule has 3 nitrogen and oxygen atoms in total. The van der Waals surface area contributed by atoms with E-state index in [0.29, 0.717) is 6.54 Å². The maximum Gasteiger partial charge on any atom is 0.113 e. The van der Waals surface area contributed by atoms with Crippen LogP contribution in [0.15, 0.2) is 24.3 Å². The highest BCUT2D eigenvalue weighted by Crippen LogP contribution is 2.08. The number of rotatable bonds is 1. The standard InChI is InChI=1S/C11H11N3/c1-2-3-6-9-14-11-8-5-4-7-10(11)12-13-14/h4-5,7-8H,2,9H2,1H3. The summed E-state index contributed by atoms with van der Waals surface area (Å²) < 4.78 is 1.82. The number of hydrogen-bond donors (Lipinski definition) is 0. The minimum absolute atomic E-state index is 0.619. The molecule has 0 radical (unpaired) electrons. The molecule has 0 aliphatic carbocycles. The summed E-state index contributed by atoms with van der Waals surface area (Å²) in [4.78, 5) is 0. The molecule has 0 aliphatic rings. The van der Waals surface area contributed by atoms with Crippen LogP contribution in [0.3, 0.4) is 0 Å². The van der Waals surface area contributed by atoms with E-state index in [2.05, 4.69) is 22.2 Å². The van der Waals surface area contributed by atoms with Gasteiger partial charge in [-0.2, -0.15) is 0 Å². The maximum atomic E-state index is 4.04. The molecule has 0 aliphatic heterocycles. The van der Waals surface area contributed by atoms with Crippen molar-refractivity contribution in [3.8, 4) is 11.8 Å². The zero-order valence-electron chi connectivity index (χ0n) is 8.07. The van der Waals surface area contributed by atoms with Crippen molar-refractivity contribution in [1.29, 1.82) is 0 Å². The van der Waals surface area contributed by atoms with Crippen LogP contribution in [0.5, 0.6) is 0 Å². The molecular formula is C11H11N3. The van der Waals surface area contributed by atoms with Gasteiger partial charge in [-0.05, 0) is 12.1 Å². The van der Waals surface area contributed by atoms with Gasteiger partial charge in [-0.25, -0.2) is 4.68 Å². The summed E-state index contributed by atoms with van der Waals surface area (Å²) in [6, 6.07) is 7.89. The van der Waals surface area contributed by atoms with Crippen molar-refractivity contribution in [2.75, 3.05) is 0 Å². The number of benzene rings is 1. The number of aromatic nitrogens is 3. The lowest BCUT2D eigenvalue weighted by Gasteiger charge is -1.93. The Morgan fingerprint density at radius 2 is 2.14 bits per heavy atom. The normalized spacial score (nSPS) is 9.79. The average molecular weight is 185 g/mol. The Hall–Kier alpha value is -1.82. The van der Waals surface area contributed by atoms with Crippen LogP contribution < -0.4 is 0 Å². The zero-order valence-corrected chi connectivity index (χ0v) is 8.07. The second kappa shape index (κ2) is 3.93. The van der Waals surface area contributed by atoms with Crippen LogP contribution in [0.2, 0.25) is 0 Å². The van der Waals surface area contributed by atoms with Crippen molar-refractivity contribution < 1.29 is 0 Å². The maximum absolute atomic E-state index is 4.04. The topological polar surface area (TPSA) is 30.7 Å². The summed E-state index contributed by atoms with van der Waals surface area (Å²) in [5.41, 5.74) is 1.96. The Morgan fingerprint density at radius 1 is 1.29 bits per heavy atom. The molecule has 0 unspecified atom stereocenters. The molecular weight excluding hydrogens is 174 g/mol. The molecule has 2 aromatic rings. The molecule has 1 aromatic carbocycles. The van der Waals surface area contributed by atoms with E-state index >= 15 is 0 Å². The van der Waals surface area contributed by atoms with Gasteiger partial charge >= 0.3 is 0 Å². The molecule has 0 spiro atoms. The summed E-state index contributed by atoms with van der Waals surface area (Å²) in [5.74, 6) is 6.05. The van der Waals surface area contributed by atoms with Gasteiger partial charge in [-0.1, -0.05) is 30.2 Å². The SMILES string of the molecule is CCC#CCn1nnc2ccccc21. The van der Waals surface area contributed by atoms with Gasteiger partial charge in [0.15, 0.2) is 0 Å². The fourth-order valence-electron chi connectivity index (χ4n) is 1.29. The van der Waals surface area contributed by atoms with E-state index in [4.69, 9.17) is 0 Å². The lowest BCUT2D eigenvalue weighted by Crippen LogP contribution is -1.97. The zero-order chi connectivity index (χ0) is 9.80. The van der Waals surface area contributed by atoms with Gasteiger partial charge in [0, 0.05) is 6.42 Å². The van der Waals surface area contributed by atoms with E-state index in [1.165, 1.54) is 0 Å². The molecule has 0 atom stereocenters. The second-order valence-corrected chi connectivity index (χ2v) is 2.94. The summed E-state index contributed by atoms with van der Waals surface area (Å²) in [7, 11) is 0. The predicted molar refractivity (Wildman–Crippen MR) is 55.6 cm³/mol. The minimum atomic E-state index is 0.619. The average Bonchev–Trinajstić information content (AvgIpc) is 2.63. The highest BCUT2D eigenvalue weighted by molar-refractivity contribution is 5.73. The van der Waals surface area contributed by atoms with Crippen molar-refractivity contribution >= 4 is 11.0 Å². The lowest BCUT2D eigenvalue weighted by molar-refractivity contribution is 0.693. The number of para-hydroxylation sites is 1. The van der Waals surface area contributed by atoms with Gasteiger partial charge in [0.2, 0.25) is 0 Å².